The lowest BCUT2D eigenvalue weighted by molar-refractivity contribution is -0.158. The Hall–Kier alpha value is -2.68. The highest BCUT2D eigenvalue weighted by molar-refractivity contribution is 6.04. The summed E-state index contributed by atoms with van der Waals surface area (Å²) in [5.41, 5.74) is 0.386. The van der Waals surface area contributed by atoms with Crippen LogP contribution in [0.25, 0.3) is 0 Å². The summed E-state index contributed by atoms with van der Waals surface area (Å²) in [6, 6.07) is 1.78. The van der Waals surface area contributed by atoms with Crippen LogP contribution in [0.1, 0.15) is 47.0 Å². The summed E-state index contributed by atoms with van der Waals surface area (Å²) in [4.78, 5) is 24.8. The van der Waals surface area contributed by atoms with E-state index in [9.17, 15) is 9.59 Å². The van der Waals surface area contributed by atoms with Gasteiger partial charge < -0.3 is 0 Å². The molecule has 0 fully saturated rings. The van der Waals surface area contributed by atoms with Gasteiger partial charge in [0.25, 0.3) is 11.8 Å². The van der Waals surface area contributed by atoms with E-state index in [1.807, 2.05) is 39.0 Å². The average Bonchev–Trinajstić information content (AvgIpc) is 2.58. The van der Waals surface area contributed by atoms with Crippen molar-refractivity contribution in [2.75, 3.05) is 7.05 Å². The van der Waals surface area contributed by atoms with Crippen LogP contribution in [-0.4, -0.2) is 35.2 Å². The number of carbonyl (C=O) groups is 2. The first-order chi connectivity index (χ1) is 11.9. The Morgan fingerprint density at radius 2 is 1.88 bits per heavy atom. The SMILES string of the molecule is CC/C=C\C=C(/C)C(=O)N(C(=O)CC#N)N(C)/N=C\C(C)/C=C\CC. The Morgan fingerprint density at radius 3 is 2.44 bits per heavy atom. The van der Waals surface area contributed by atoms with E-state index in [0.717, 1.165) is 17.9 Å². The molecule has 0 saturated carbocycles. The van der Waals surface area contributed by atoms with Crippen molar-refractivity contribution in [1.82, 2.24) is 10.1 Å². The van der Waals surface area contributed by atoms with Crippen molar-refractivity contribution in [2.24, 2.45) is 11.0 Å². The van der Waals surface area contributed by atoms with Crippen LogP contribution >= 0.6 is 0 Å². The zero-order valence-electron chi connectivity index (χ0n) is 15.8. The van der Waals surface area contributed by atoms with Gasteiger partial charge in [-0.2, -0.15) is 20.5 Å². The number of hydrazone groups is 1. The first-order valence-corrected chi connectivity index (χ1v) is 8.40. The molecular formula is C19H28N4O2. The van der Waals surface area contributed by atoms with Crippen molar-refractivity contribution in [3.05, 3.63) is 36.0 Å². The zero-order valence-corrected chi connectivity index (χ0v) is 15.8. The molecule has 0 radical (unpaired) electrons. The summed E-state index contributed by atoms with van der Waals surface area (Å²) in [6.45, 7) is 7.60. The molecule has 6 nitrogen and oxygen atoms in total. The van der Waals surface area contributed by atoms with E-state index in [2.05, 4.69) is 5.10 Å². The molecule has 0 heterocycles. The van der Waals surface area contributed by atoms with Crippen molar-refractivity contribution in [3.63, 3.8) is 0 Å². The van der Waals surface area contributed by atoms with Crippen LogP contribution in [0.2, 0.25) is 0 Å². The lowest BCUT2D eigenvalue weighted by Crippen LogP contribution is -2.46. The van der Waals surface area contributed by atoms with Gasteiger partial charge >= 0.3 is 0 Å². The number of hydrazine groups is 1. The monoisotopic (exact) mass is 344 g/mol. The minimum Gasteiger partial charge on any atom is -0.271 e. The van der Waals surface area contributed by atoms with Crippen molar-refractivity contribution in [1.29, 1.82) is 5.26 Å². The van der Waals surface area contributed by atoms with Gasteiger partial charge in [-0.15, -0.1) is 0 Å². The van der Waals surface area contributed by atoms with E-state index in [4.69, 9.17) is 5.26 Å². The number of allylic oxidation sites excluding steroid dienone is 5. The van der Waals surface area contributed by atoms with Crippen LogP contribution in [0.3, 0.4) is 0 Å². The van der Waals surface area contributed by atoms with Crippen molar-refractivity contribution in [2.45, 2.75) is 47.0 Å². The number of nitriles is 1. The molecule has 6 heteroatoms. The quantitative estimate of drug-likeness (QED) is 0.210. The second-order valence-electron chi connectivity index (χ2n) is 5.48. The smallest absolute Gasteiger partial charge is 0.271 e. The molecule has 0 bridgehead atoms. The number of amides is 2. The second-order valence-corrected chi connectivity index (χ2v) is 5.48. The Balaban J connectivity index is 5.38. The summed E-state index contributed by atoms with van der Waals surface area (Å²) in [6.07, 6.45) is 12.3. The molecule has 0 rings (SSSR count). The fraction of sp³-hybridized carbons (Fsp3) is 0.474. The van der Waals surface area contributed by atoms with Crippen LogP contribution < -0.4 is 0 Å². The normalized spacial score (nSPS) is 13.4. The van der Waals surface area contributed by atoms with Crippen LogP contribution in [0.5, 0.6) is 0 Å². The molecule has 0 aromatic rings. The lowest BCUT2D eigenvalue weighted by atomic mass is 10.2. The topological polar surface area (TPSA) is 76.8 Å². The molecule has 0 aliphatic rings. The largest absolute Gasteiger partial charge is 0.276 e. The fourth-order valence-corrected chi connectivity index (χ4v) is 1.79. The third kappa shape index (κ3) is 8.66. The molecule has 0 N–H and O–H groups in total. The molecule has 136 valence electrons. The average molecular weight is 344 g/mol. The van der Waals surface area contributed by atoms with Gasteiger partial charge in [-0.1, -0.05) is 51.2 Å². The maximum Gasteiger partial charge on any atom is 0.276 e. The molecular weight excluding hydrogens is 316 g/mol. The van der Waals surface area contributed by atoms with Gasteiger partial charge in [0.1, 0.15) is 6.42 Å². The van der Waals surface area contributed by atoms with Crippen LogP contribution in [0.4, 0.5) is 0 Å². The fourth-order valence-electron chi connectivity index (χ4n) is 1.79. The maximum absolute atomic E-state index is 12.6. The first kappa shape index (κ1) is 22.3. The Labute approximate surface area is 150 Å². The molecule has 1 atom stereocenters. The van der Waals surface area contributed by atoms with Crippen LogP contribution in [0.15, 0.2) is 41.1 Å². The predicted molar refractivity (Wildman–Crippen MR) is 100 cm³/mol. The molecule has 0 spiro atoms. The summed E-state index contributed by atoms with van der Waals surface area (Å²) in [7, 11) is 1.51. The number of imide groups is 1. The summed E-state index contributed by atoms with van der Waals surface area (Å²) in [5, 5.41) is 15.0. The molecule has 0 aromatic carbocycles. The first-order valence-electron chi connectivity index (χ1n) is 8.40. The Bertz CT molecular complexity index is 597. The number of hydrogen-bond acceptors (Lipinski definition) is 5. The van der Waals surface area contributed by atoms with E-state index < -0.39 is 18.2 Å². The third-order valence-corrected chi connectivity index (χ3v) is 3.15. The molecule has 0 aromatic heterocycles. The van der Waals surface area contributed by atoms with E-state index >= 15 is 0 Å². The Kier molecular flexibility index (Phi) is 11.3. The number of carbonyl (C=O) groups excluding carboxylic acids is 2. The standard InChI is InChI=1S/C19H28N4O2/c1-6-8-10-12-17(4)19(25)23(18(24)13-14-20)22(5)21-15-16(3)11-9-7-2/h8-12,15-16H,6-7,13H2,1-5H3/b10-8-,11-9-,17-12+,21-15-. The number of nitrogens with zero attached hydrogens (tertiary/aromatic N) is 4. The van der Waals surface area contributed by atoms with Gasteiger partial charge in [-0.05, 0) is 19.8 Å². The minimum atomic E-state index is -0.615. The second kappa shape index (κ2) is 12.7. The van der Waals surface area contributed by atoms with Gasteiger partial charge in [-0.25, -0.2) is 0 Å². The highest BCUT2D eigenvalue weighted by Crippen LogP contribution is 2.08. The molecule has 1 unspecified atom stereocenters. The van der Waals surface area contributed by atoms with Gasteiger partial charge in [0.05, 0.1) is 6.07 Å². The van der Waals surface area contributed by atoms with Crippen LogP contribution in [0, 0.1) is 17.2 Å². The van der Waals surface area contributed by atoms with Crippen molar-refractivity contribution < 1.29 is 9.59 Å². The zero-order chi connectivity index (χ0) is 19.2. The Morgan fingerprint density at radius 1 is 1.24 bits per heavy atom. The lowest BCUT2D eigenvalue weighted by Gasteiger charge is -2.27. The molecule has 0 aliphatic heterocycles. The van der Waals surface area contributed by atoms with E-state index in [1.54, 1.807) is 31.4 Å². The molecule has 2 amide bonds. The third-order valence-electron chi connectivity index (χ3n) is 3.15. The van der Waals surface area contributed by atoms with E-state index in [0.29, 0.717) is 5.57 Å². The highest BCUT2D eigenvalue weighted by atomic mass is 16.2. The number of hydrogen-bond donors (Lipinski definition) is 0. The van der Waals surface area contributed by atoms with Gasteiger partial charge in [-0.3, -0.25) is 9.59 Å². The van der Waals surface area contributed by atoms with Crippen molar-refractivity contribution >= 4 is 18.0 Å². The maximum atomic E-state index is 12.6. The van der Waals surface area contributed by atoms with E-state index in [1.165, 1.54) is 12.2 Å². The minimum absolute atomic E-state index is 0.0644. The highest BCUT2D eigenvalue weighted by Gasteiger charge is 2.26. The molecule has 0 saturated heterocycles. The summed E-state index contributed by atoms with van der Waals surface area (Å²) in [5.74, 6) is -1.05. The number of rotatable bonds is 9. The summed E-state index contributed by atoms with van der Waals surface area (Å²) >= 11 is 0. The van der Waals surface area contributed by atoms with Crippen LogP contribution in [-0.2, 0) is 9.59 Å². The van der Waals surface area contributed by atoms with Gasteiger partial charge in [0.15, 0.2) is 0 Å². The predicted octanol–water partition coefficient (Wildman–Crippen LogP) is 3.60. The molecule has 0 aliphatic carbocycles. The summed E-state index contributed by atoms with van der Waals surface area (Å²) < 4.78 is 0. The van der Waals surface area contributed by atoms with Gasteiger partial charge in [0, 0.05) is 24.8 Å². The van der Waals surface area contributed by atoms with E-state index in [-0.39, 0.29) is 5.92 Å². The van der Waals surface area contributed by atoms with Crippen molar-refractivity contribution in [3.8, 4) is 6.07 Å². The molecule has 25 heavy (non-hydrogen) atoms. The van der Waals surface area contributed by atoms with Gasteiger partial charge in [0.2, 0.25) is 0 Å².